The smallest absolute Gasteiger partial charge is 0.305 e. The van der Waals surface area contributed by atoms with Crippen LogP contribution in [0.25, 0.3) is 0 Å². The Morgan fingerprint density at radius 1 is 1.19 bits per heavy atom. The van der Waals surface area contributed by atoms with Gasteiger partial charge in [0.05, 0.1) is 19.1 Å². The van der Waals surface area contributed by atoms with Crippen molar-refractivity contribution in [3.05, 3.63) is 0 Å². The van der Waals surface area contributed by atoms with E-state index in [2.05, 4.69) is 0 Å². The number of rotatable bonds is 9. The van der Waals surface area contributed by atoms with Gasteiger partial charge in [-0.05, 0) is 12.8 Å². The molecule has 0 rings (SSSR count). The number of aliphatic carboxylic acids is 1. The normalized spacial score (nSPS) is 12.1. The Hall–Kier alpha value is -1.10. The number of carbonyl (C=O) groups excluding carboxylic acids is 1. The monoisotopic (exact) mass is 232 g/mol. The van der Waals surface area contributed by atoms with Gasteiger partial charge in [0.15, 0.2) is 0 Å². The number of aliphatic hydroxyl groups is 1. The lowest BCUT2D eigenvalue weighted by Crippen LogP contribution is -2.12. The molecule has 0 aromatic heterocycles. The number of hydrogen-bond acceptors (Lipinski definition) is 4. The highest BCUT2D eigenvalue weighted by molar-refractivity contribution is 5.67. The number of hydrogen-bond donors (Lipinski definition) is 2. The lowest BCUT2D eigenvalue weighted by Gasteiger charge is -2.07. The second-order valence-corrected chi connectivity index (χ2v) is 3.79. The number of carboxylic acid groups (broad SMARTS) is 1. The van der Waals surface area contributed by atoms with Crippen molar-refractivity contribution < 1.29 is 24.5 Å². The molecule has 0 amide bonds. The molecular formula is C11H20O5. The molecule has 0 saturated carbocycles. The van der Waals surface area contributed by atoms with Crippen LogP contribution in [0.2, 0.25) is 0 Å². The highest BCUT2D eigenvalue weighted by Crippen LogP contribution is 2.08. The lowest BCUT2D eigenvalue weighted by atomic mass is 10.1. The number of carbonyl (C=O) groups is 2. The summed E-state index contributed by atoms with van der Waals surface area (Å²) in [5.74, 6) is -1.24. The fourth-order valence-corrected chi connectivity index (χ4v) is 1.36. The third kappa shape index (κ3) is 11.0. The molecule has 0 heterocycles. The second kappa shape index (κ2) is 9.15. The van der Waals surface area contributed by atoms with Crippen LogP contribution in [-0.2, 0) is 14.3 Å². The highest BCUT2D eigenvalue weighted by Gasteiger charge is 2.08. The molecule has 2 N–H and O–H groups in total. The first-order chi connectivity index (χ1) is 7.52. The van der Waals surface area contributed by atoms with Gasteiger partial charge in [0.2, 0.25) is 0 Å². The minimum absolute atomic E-state index is 0.187. The van der Waals surface area contributed by atoms with Crippen molar-refractivity contribution in [2.45, 2.75) is 51.6 Å². The fraction of sp³-hybridized carbons (Fsp3) is 0.818. The Bertz CT molecular complexity index is 214. The minimum Gasteiger partial charge on any atom is -0.481 e. The van der Waals surface area contributed by atoms with E-state index in [0.29, 0.717) is 13.0 Å². The van der Waals surface area contributed by atoms with Gasteiger partial charge < -0.3 is 14.9 Å². The predicted octanol–water partition coefficient (Wildman–Crippen LogP) is 1.34. The minimum atomic E-state index is -0.970. The van der Waals surface area contributed by atoms with Crippen LogP contribution >= 0.6 is 0 Å². The Labute approximate surface area is 95.4 Å². The standard InChI is InChI=1S/C11H20O5/c1-9(12)16-7-5-3-2-4-6-10(13)8-11(14)15/h10,13H,2-8H2,1H3,(H,14,15)/t10-/m1/s1. The van der Waals surface area contributed by atoms with Gasteiger partial charge in [-0.25, -0.2) is 0 Å². The van der Waals surface area contributed by atoms with E-state index in [0.717, 1.165) is 25.7 Å². The van der Waals surface area contributed by atoms with Crippen molar-refractivity contribution in [2.24, 2.45) is 0 Å². The van der Waals surface area contributed by atoms with Gasteiger partial charge in [-0.3, -0.25) is 9.59 Å². The molecule has 0 aliphatic rings. The summed E-state index contributed by atoms with van der Waals surface area (Å²) in [5.41, 5.74) is 0. The summed E-state index contributed by atoms with van der Waals surface area (Å²) in [6.07, 6.45) is 3.03. The van der Waals surface area contributed by atoms with Gasteiger partial charge in [0, 0.05) is 6.92 Å². The number of carboxylic acids is 1. The Morgan fingerprint density at radius 3 is 2.38 bits per heavy atom. The summed E-state index contributed by atoms with van der Waals surface area (Å²) in [5, 5.41) is 17.6. The molecule has 0 unspecified atom stereocenters. The summed E-state index contributed by atoms with van der Waals surface area (Å²) in [6.45, 7) is 1.81. The van der Waals surface area contributed by atoms with E-state index >= 15 is 0 Å². The van der Waals surface area contributed by atoms with Crippen LogP contribution in [-0.4, -0.2) is 34.9 Å². The van der Waals surface area contributed by atoms with Crippen LogP contribution in [0, 0.1) is 0 Å². The summed E-state index contributed by atoms with van der Waals surface area (Å²) in [4.78, 5) is 20.7. The molecule has 0 aromatic rings. The average molecular weight is 232 g/mol. The van der Waals surface area contributed by atoms with E-state index < -0.39 is 12.1 Å². The van der Waals surface area contributed by atoms with Crippen molar-refractivity contribution in [2.75, 3.05) is 6.61 Å². The maximum Gasteiger partial charge on any atom is 0.305 e. The molecule has 16 heavy (non-hydrogen) atoms. The van der Waals surface area contributed by atoms with E-state index in [4.69, 9.17) is 9.84 Å². The first-order valence-electron chi connectivity index (χ1n) is 5.55. The van der Waals surface area contributed by atoms with Crippen LogP contribution in [0.4, 0.5) is 0 Å². The first kappa shape index (κ1) is 14.9. The third-order valence-corrected chi connectivity index (χ3v) is 2.15. The quantitative estimate of drug-likeness (QED) is 0.463. The molecule has 0 aliphatic carbocycles. The zero-order valence-corrected chi connectivity index (χ0v) is 9.65. The molecule has 0 radical (unpaired) electrons. The molecule has 5 heteroatoms. The van der Waals surface area contributed by atoms with E-state index in [9.17, 15) is 14.7 Å². The van der Waals surface area contributed by atoms with Crippen molar-refractivity contribution in [3.63, 3.8) is 0 Å². The average Bonchev–Trinajstić information content (AvgIpc) is 2.14. The second-order valence-electron chi connectivity index (χ2n) is 3.79. The Morgan fingerprint density at radius 2 is 1.81 bits per heavy atom. The summed E-state index contributed by atoms with van der Waals surface area (Å²) in [6, 6.07) is 0. The first-order valence-corrected chi connectivity index (χ1v) is 5.55. The van der Waals surface area contributed by atoms with Gasteiger partial charge >= 0.3 is 11.9 Å². The summed E-state index contributed by atoms with van der Waals surface area (Å²) < 4.78 is 4.76. The van der Waals surface area contributed by atoms with E-state index in [1.807, 2.05) is 0 Å². The van der Waals surface area contributed by atoms with Crippen molar-refractivity contribution in [3.8, 4) is 0 Å². The lowest BCUT2D eigenvalue weighted by molar-refractivity contribution is -0.141. The molecule has 0 spiro atoms. The fourth-order valence-electron chi connectivity index (χ4n) is 1.36. The molecule has 5 nitrogen and oxygen atoms in total. The highest BCUT2D eigenvalue weighted by atomic mass is 16.5. The molecule has 0 bridgehead atoms. The van der Waals surface area contributed by atoms with Crippen molar-refractivity contribution >= 4 is 11.9 Å². The zero-order valence-electron chi connectivity index (χ0n) is 9.65. The van der Waals surface area contributed by atoms with Crippen LogP contribution < -0.4 is 0 Å². The van der Waals surface area contributed by atoms with Crippen LogP contribution in [0.3, 0.4) is 0 Å². The SMILES string of the molecule is CC(=O)OCCCCCC[C@@H](O)CC(=O)O. The van der Waals surface area contributed by atoms with Crippen LogP contribution in [0.5, 0.6) is 0 Å². The van der Waals surface area contributed by atoms with E-state index in [-0.39, 0.29) is 12.4 Å². The molecule has 1 atom stereocenters. The maximum atomic E-state index is 10.4. The molecular weight excluding hydrogens is 212 g/mol. The van der Waals surface area contributed by atoms with Gasteiger partial charge in [0.25, 0.3) is 0 Å². The van der Waals surface area contributed by atoms with Crippen molar-refractivity contribution in [1.29, 1.82) is 0 Å². The van der Waals surface area contributed by atoms with Gasteiger partial charge in [-0.2, -0.15) is 0 Å². The number of aliphatic hydroxyl groups excluding tert-OH is 1. The van der Waals surface area contributed by atoms with Crippen LogP contribution in [0.1, 0.15) is 45.4 Å². The van der Waals surface area contributed by atoms with Crippen LogP contribution in [0.15, 0.2) is 0 Å². The molecule has 94 valence electrons. The van der Waals surface area contributed by atoms with E-state index in [1.165, 1.54) is 6.92 Å². The maximum absolute atomic E-state index is 10.4. The third-order valence-electron chi connectivity index (χ3n) is 2.15. The Kier molecular flexibility index (Phi) is 8.52. The number of esters is 1. The molecule has 0 saturated heterocycles. The predicted molar refractivity (Wildman–Crippen MR) is 58.0 cm³/mol. The van der Waals surface area contributed by atoms with Crippen molar-refractivity contribution in [1.82, 2.24) is 0 Å². The van der Waals surface area contributed by atoms with Gasteiger partial charge in [-0.1, -0.05) is 19.3 Å². The van der Waals surface area contributed by atoms with E-state index in [1.54, 1.807) is 0 Å². The molecule has 0 fully saturated rings. The Balaban J connectivity index is 3.20. The molecule has 0 aliphatic heterocycles. The molecule has 0 aromatic carbocycles. The van der Waals surface area contributed by atoms with Gasteiger partial charge in [0.1, 0.15) is 0 Å². The zero-order chi connectivity index (χ0) is 12.4. The topological polar surface area (TPSA) is 83.8 Å². The number of ether oxygens (including phenoxy) is 1. The largest absolute Gasteiger partial charge is 0.481 e. The van der Waals surface area contributed by atoms with Gasteiger partial charge in [-0.15, -0.1) is 0 Å². The summed E-state index contributed by atoms with van der Waals surface area (Å²) in [7, 11) is 0. The summed E-state index contributed by atoms with van der Waals surface area (Å²) >= 11 is 0. The number of unbranched alkanes of at least 4 members (excludes halogenated alkanes) is 3.